The molecule has 3 heteroatoms. The summed E-state index contributed by atoms with van der Waals surface area (Å²) in [7, 11) is 0. The standard InChI is InChI=1S/C12H13BrN2/c13-12-2-1-9(7-15-12)10-5-8-3-4-14-11(8)6-10/h1-2,6-8,11,14H,3-5H2. The van der Waals surface area contributed by atoms with Crippen LogP contribution in [0.5, 0.6) is 0 Å². The van der Waals surface area contributed by atoms with Gasteiger partial charge in [-0.05, 0) is 58.4 Å². The van der Waals surface area contributed by atoms with Crippen molar-refractivity contribution >= 4 is 21.5 Å². The number of allylic oxidation sites excluding steroid dienone is 1. The van der Waals surface area contributed by atoms with Gasteiger partial charge in [-0.15, -0.1) is 0 Å². The number of aromatic nitrogens is 1. The first-order valence-corrected chi connectivity index (χ1v) is 6.18. The Balaban J connectivity index is 1.87. The zero-order valence-electron chi connectivity index (χ0n) is 8.41. The normalized spacial score (nSPS) is 29.0. The highest BCUT2D eigenvalue weighted by Gasteiger charge is 2.31. The molecule has 1 saturated heterocycles. The van der Waals surface area contributed by atoms with Crippen LogP contribution in [-0.2, 0) is 0 Å². The Bertz CT molecular complexity index is 397. The van der Waals surface area contributed by atoms with Gasteiger partial charge in [0.25, 0.3) is 0 Å². The maximum absolute atomic E-state index is 4.27. The SMILES string of the molecule is Brc1ccc(C2=CC3NCCC3C2)cn1. The van der Waals surface area contributed by atoms with Gasteiger partial charge in [0.1, 0.15) is 4.60 Å². The summed E-state index contributed by atoms with van der Waals surface area (Å²) in [6, 6.07) is 4.77. The van der Waals surface area contributed by atoms with E-state index >= 15 is 0 Å². The van der Waals surface area contributed by atoms with Crippen LogP contribution in [0.25, 0.3) is 5.57 Å². The van der Waals surface area contributed by atoms with Gasteiger partial charge in [-0.1, -0.05) is 12.1 Å². The van der Waals surface area contributed by atoms with Crippen molar-refractivity contribution in [2.24, 2.45) is 5.92 Å². The largest absolute Gasteiger partial charge is 0.310 e. The van der Waals surface area contributed by atoms with Gasteiger partial charge in [-0.25, -0.2) is 4.98 Å². The molecule has 1 aliphatic heterocycles. The van der Waals surface area contributed by atoms with E-state index in [1.165, 1.54) is 30.5 Å². The highest BCUT2D eigenvalue weighted by Crippen LogP contribution is 2.36. The van der Waals surface area contributed by atoms with Crippen molar-refractivity contribution in [1.29, 1.82) is 0 Å². The second kappa shape index (κ2) is 3.72. The molecule has 0 amide bonds. The molecule has 15 heavy (non-hydrogen) atoms. The monoisotopic (exact) mass is 264 g/mol. The Labute approximate surface area is 97.9 Å². The molecule has 0 saturated carbocycles. The summed E-state index contributed by atoms with van der Waals surface area (Å²) in [6.07, 6.45) is 6.86. The van der Waals surface area contributed by atoms with E-state index < -0.39 is 0 Å². The molecule has 1 N–H and O–H groups in total. The molecule has 2 unspecified atom stereocenters. The van der Waals surface area contributed by atoms with Gasteiger partial charge in [0.05, 0.1) is 0 Å². The molecule has 0 radical (unpaired) electrons. The number of fused-ring (bicyclic) bond motifs is 1. The van der Waals surface area contributed by atoms with Gasteiger partial charge < -0.3 is 5.32 Å². The minimum absolute atomic E-state index is 0.614. The van der Waals surface area contributed by atoms with Gasteiger partial charge in [-0.3, -0.25) is 0 Å². The Morgan fingerprint density at radius 2 is 2.33 bits per heavy atom. The van der Waals surface area contributed by atoms with E-state index in [2.05, 4.69) is 38.4 Å². The van der Waals surface area contributed by atoms with E-state index in [4.69, 9.17) is 0 Å². The number of halogens is 1. The molecule has 0 aromatic carbocycles. The number of hydrogen-bond acceptors (Lipinski definition) is 2. The second-order valence-corrected chi connectivity index (χ2v) is 5.11. The van der Waals surface area contributed by atoms with Crippen LogP contribution in [0.3, 0.4) is 0 Å². The zero-order chi connectivity index (χ0) is 10.3. The topological polar surface area (TPSA) is 24.9 Å². The van der Waals surface area contributed by atoms with E-state index in [1.54, 1.807) is 0 Å². The molecule has 1 aromatic rings. The van der Waals surface area contributed by atoms with Crippen molar-refractivity contribution in [2.75, 3.05) is 6.54 Å². The Kier molecular flexibility index (Phi) is 2.37. The summed E-state index contributed by atoms with van der Waals surface area (Å²) in [4.78, 5) is 4.27. The third kappa shape index (κ3) is 1.74. The number of nitrogens with zero attached hydrogens (tertiary/aromatic N) is 1. The maximum atomic E-state index is 4.27. The first kappa shape index (κ1) is 9.55. The summed E-state index contributed by atoms with van der Waals surface area (Å²) in [5.74, 6) is 0.823. The molecule has 1 aliphatic carbocycles. The number of pyridine rings is 1. The van der Waals surface area contributed by atoms with E-state index in [9.17, 15) is 0 Å². The average molecular weight is 265 g/mol. The van der Waals surface area contributed by atoms with E-state index in [0.29, 0.717) is 6.04 Å². The summed E-state index contributed by atoms with van der Waals surface area (Å²) >= 11 is 3.36. The molecule has 0 bridgehead atoms. The van der Waals surface area contributed by atoms with Crippen molar-refractivity contribution in [3.05, 3.63) is 34.6 Å². The van der Waals surface area contributed by atoms with Crippen molar-refractivity contribution in [2.45, 2.75) is 18.9 Å². The maximum Gasteiger partial charge on any atom is 0.106 e. The van der Waals surface area contributed by atoms with Crippen molar-refractivity contribution in [3.8, 4) is 0 Å². The predicted molar refractivity (Wildman–Crippen MR) is 64.4 cm³/mol. The van der Waals surface area contributed by atoms with E-state index in [0.717, 1.165) is 10.5 Å². The van der Waals surface area contributed by atoms with Crippen LogP contribution in [-0.4, -0.2) is 17.6 Å². The fraction of sp³-hybridized carbons (Fsp3) is 0.417. The van der Waals surface area contributed by atoms with E-state index in [1.807, 2.05) is 12.3 Å². The van der Waals surface area contributed by atoms with Gasteiger partial charge >= 0.3 is 0 Å². The Morgan fingerprint density at radius 3 is 3.07 bits per heavy atom. The lowest BCUT2D eigenvalue weighted by atomic mass is 10.00. The summed E-state index contributed by atoms with van der Waals surface area (Å²) in [6.45, 7) is 1.18. The lowest BCUT2D eigenvalue weighted by Crippen LogP contribution is -2.20. The fourth-order valence-electron chi connectivity index (χ4n) is 2.55. The van der Waals surface area contributed by atoms with Crippen LogP contribution in [0, 0.1) is 5.92 Å². The molecule has 2 aliphatic rings. The smallest absolute Gasteiger partial charge is 0.106 e. The zero-order valence-corrected chi connectivity index (χ0v) is 10.00. The molecule has 2 heterocycles. The quantitative estimate of drug-likeness (QED) is 0.789. The fourth-order valence-corrected chi connectivity index (χ4v) is 2.79. The van der Waals surface area contributed by atoms with Crippen molar-refractivity contribution in [1.82, 2.24) is 10.3 Å². The molecule has 1 aromatic heterocycles. The van der Waals surface area contributed by atoms with Crippen LogP contribution in [0.4, 0.5) is 0 Å². The van der Waals surface area contributed by atoms with Gasteiger partial charge in [0.15, 0.2) is 0 Å². The Hall–Kier alpha value is -0.670. The molecule has 1 fully saturated rings. The van der Waals surface area contributed by atoms with Gasteiger partial charge in [-0.2, -0.15) is 0 Å². The van der Waals surface area contributed by atoms with Crippen molar-refractivity contribution in [3.63, 3.8) is 0 Å². The molecule has 2 atom stereocenters. The predicted octanol–water partition coefficient (Wildman–Crippen LogP) is 2.61. The number of nitrogens with one attached hydrogen (secondary N) is 1. The summed E-state index contributed by atoms with van der Waals surface area (Å²) < 4.78 is 0.906. The van der Waals surface area contributed by atoms with Crippen LogP contribution in [0.2, 0.25) is 0 Å². The first-order chi connectivity index (χ1) is 7.33. The molecule has 0 spiro atoms. The highest BCUT2D eigenvalue weighted by atomic mass is 79.9. The molecular formula is C12H13BrN2. The third-order valence-corrected chi connectivity index (χ3v) is 3.83. The van der Waals surface area contributed by atoms with E-state index in [-0.39, 0.29) is 0 Å². The van der Waals surface area contributed by atoms with Crippen LogP contribution in [0.1, 0.15) is 18.4 Å². The number of rotatable bonds is 1. The van der Waals surface area contributed by atoms with Crippen LogP contribution >= 0.6 is 15.9 Å². The number of hydrogen-bond donors (Lipinski definition) is 1. The van der Waals surface area contributed by atoms with Crippen molar-refractivity contribution < 1.29 is 0 Å². The first-order valence-electron chi connectivity index (χ1n) is 5.39. The highest BCUT2D eigenvalue weighted by molar-refractivity contribution is 9.10. The van der Waals surface area contributed by atoms with Crippen LogP contribution < -0.4 is 5.32 Å². The second-order valence-electron chi connectivity index (χ2n) is 4.29. The van der Waals surface area contributed by atoms with Gasteiger partial charge in [0.2, 0.25) is 0 Å². The summed E-state index contributed by atoms with van der Waals surface area (Å²) in [5.41, 5.74) is 2.73. The third-order valence-electron chi connectivity index (χ3n) is 3.36. The average Bonchev–Trinajstić information content (AvgIpc) is 2.78. The summed E-state index contributed by atoms with van der Waals surface area (Å²) in [5, 5.41) is 3.52. The Morgan fingerprint density at radius 1 is 1.40 bits per heavy atom. The van der Waals surface area contributed by atoms with Crippen LogP contribution in [0.15, 0.2) is 29.0 Å². The molecule has 78 valence electrons. The molecule has 3 rings (SSSR count). The lowest BCUT2D eigenvalue weighted by Gasteiger charge is -2.06. The van der Waals surface area contributed by atoms with Gasteiger partial charge in [0, 0.05) is 12.2 Å². The minimum atomic E-state index is 0.614. The molecule has 2 nitrogen and oxygen atoms in total. The minimum Gasteiger partial charge on any atom is -0.310 e. The lowest BCUT2D eigenvalue weighted by molar-refractivity contribution is 0.553. The molecular weight excluding hydrogens is 252 g/mol.